The van der Waals surface area contributed by atoms with Crippen LogP contribution in [0.15, 0.2) is 18.2 Å². The van der Waals surface area contributed by atoms with E-state index < -0.39 is 54.4 Å². The van der Waals surface area contributed by atoms with Crippen LogP contribution in [0.3, 0.4) is 0 Å². The van der Waals surface area contributed by atoms with Crippen molar-refractivity contribution in [3.63, 3.8) is 0 Å². The maximum absolute atomic E-state index is 14.4. The van der Waals surface area contributed by atoms with E-state index in [1.54, 1.807) is 0 Å². The number of hydrogen-bond acceptors (Lipinski definition) is 5. The number of benzene rings is 1. The number of carbonyl (C=O) groups is 4. The first-order valence-corrected chi connectivity index (χ1v) is 11.8. The molecule has 0 aromatic heterocycles. The summed E-state index contributed by atoms with van der Waals surface area (Å²) in [5.41, 5.74) is -0.575. The fourth-order valence-electron chi connectivity index (χ4n) is 4.81. The zero-order valence-electron chi connectivity index (χ0n) is 19.0. The predicted octanol–water partition coefficient (Wildman–Crippen LogP) is 2.59. The summed E-state index contributed by atoms with van der Waals surface area (Å²) in [5, 5.41) is 5.11. The lowest BCUT2D eigenvalue weighted by molar-refractivity contribution is -0.321. The largest absolute Gasteiger partial charge is 0.522 e. The molecule has 1 aliphatic carbocycles. The third-order valence-electron chi connectivity index (χ3n) is 6.96. The maximum Gasteiger partial charge on any atom is 0.522 e. The summed E-state index contributed by atoms with van der Waals surface area (Å²) in [6.45, 7) is -0.791. The summed E-state index contributed by atoms with van der Waals surface area (Å²) >= 11 is 5.77. The molecular weight excluding hydrogens is 510 g/mol. The van der Waals surface area contributed by atoms with Gasteiger partial charge in [-0.25, -0.2) is 4.39 Å². The van der Waals surface area contributed by atoms with Crippen LogP contribution in [0.1, 0.15) is 42.5 Å². The molecule has 4 rings (SSSR count). The minimum atomic E-state index is -5.05. The number of halogens is 5. The van der Waals surface area contributed by atoms with Crippen LogP contribution in [0.5, 0.6) is 0 Å². The van der Waals surface area contributed by atoms with Crippen molar-refractivity contribution in [2.45, 2.75) is 50.6 Å². The molecule has 36 heavy (non-hydrogen) atoms. The van der Waals surface area contributed by atoms with Crippen molar-refractivity contribution >= 4 is 35.1 Å². The van der Waals surface area contributed by atoms with E-state index in [0.29, 0.717) is 13.0 Å². The molecule has 0 bridgehead atoms. The van der Waals surface area contributed by atoms with Gasteiger partial charge in [-0.2, -0.15) is 0 Å². The van der Waals surface area contributed by atoms with E-state index in [-0.39, 0.29) is 41.3 Å². The SMILES string of the molecule is O=C1NCC[C@H]1C[C@H](NC(=O)[C@@H]1CC2(CC2)CN1C(=O)c1ccc(Cl)cc1F)C(=O)COC(F)(F)F. The van der Waals surface area contributed by atoms with Gasteiger partial charge in [0.25, 0.3) is 5.91 Å². The fraction of sp³-hybridized carbons (Fsp3) is 0.565. The van der Waals surface area contributed by atoms with Crippen molar-refractivity contribution < 1.29 is 41.5 Å². The molecule has 1 aromatic carbocycles. The summed E-state index contributed by atoms with van der Waals surface area (Å²) in [4.78, 5) is 52.2. The number of Topliss-reactive ketones (excluding diaryl/α,β-unsaturated/α-hetero) is 1. The highest BCUT2D eigenvalue weighted by molar-refractivity contribution is 6.30. The number of likely N-dealkylation sites (tertiary alicyclic amines) is 1. The van der Waals surface area contributed by atoms with Gasteiger partial charge in [-0.3, -0.25) is 23.9 Å². The van der Waals surface area contributed by atoms with E-state index in [1.807, 2.05) is 0 Å². The van der Waals surface area contributed by atoms with E-state index in [0.717, 1.165) is 18.9 Å². The van der Waals surface area contributed by atoms with Crippen LogP contribution in [0.4, 0.5) is 17.6 Å². The number of rotatable bonds is 8. The summed E-state index contributed by atoms with van der Waals surface area (Å²) in [6.07, 6.45) is -3.13. The van der Waals surface area contributed by atoms with Gasteiger partial charge in [0.2, 0.25) is 11.8 Å². The molecule has 3 fully saturated rings. The second kappa shape index (κ2) is 9.97. The molecule has 3 aliphatic rings. The minimum absolute atomic E-state index is 0.0943. The van der Waals surface area contributed by atoms with Crippen LogP contribution in [-0.4, -0.2) is 66.5 Å². The van der Waals surface area contributed by atoms with Gasteiger partial charge < -0.3 is 15.5 Å². The van der Waals surface area contributed by atoms with Crippen LogP contribution in [-0.2, 0) is 19.1 Å². The number of hydrogen-bond donors (Lipinski definition) is 2. The van der Waals surface area contributed by atoms with Gasteiger partial charge in [0.05, 0.1) is 11.6 Å². The molecule has 13 heteroatoms. The van der Waals surface area contributed by atoms with Gasteiger partial charge in [0.15, 0.2) is 5.78 Å². The van der Waals surface area contributed by atoms with Crippen LogP contribution in [0.2, 0.25) is 5.02 Å². The van der Waals surface area contributed by atoms with Crippen LogP contribution >= 0.6 is 11.6 Å². The second-order valence-electron chi connectivity index (χ2n) is 9.55. The van der Waals surface area contributed by atoms with E-state index in [2.05, 4.69) is 15.4 Å². The molecule has 1 aromatic rings. The highest BCUT2D eigenvalue weighted by Gasteiger charge is 2.55. The molecular formula is C23H24ClF4N3O5. The monoisotopic (exact) mass is 533 g/mol. The van der Waals surface area contributed by atoms with Crippen molar-refractivity contribution in [3.05, 3.63) is 34.6 Å². The van der Waals surface area contributed by atoms with Crippen LogP contribution < -0.4 is 10.6 Å². The van der Waals surface area contributed by atoms with Crippen molar-refractivity contribution in [1.82, 2.24) is 15.5 Å². The molecule has 1 saturated carbocycles. The first kappa shape index (κ1) is 26.3. The molecule has 8 nitrogen and oxygen atoms in total. The number of alkyl halides is 3. The molecule has 2 aliphatic heterocycles. The zero-order valence-corrected chi connectivity index (χ0v) is 19.8. The summed E-state index contributed by atoms with van der Waals surface area (Å²) < 4.78 is 55.6. The molecule has 2 N–H and O–H groups in total. The molecule has 0 unspecified atom stereocenters. The first-order chi connectivity index (χ1) is 16.9. The maximum atomic E-state index is 14.4. The normalized spacial score (nSPS) is 23.5. The molecule has 3 amide bonds. The van der Waals surface area contributed by atoms with Crippen LogP contribution in [0, 0.1) is 17.2 Å². The number of amides is 3. The Labute approximate surface area is 208 Å². The third-order valence-corrected chi connectivity index (χ3v) is 7.19. The van der Waals surface area contributed by atoms with E-state index in [9.17, 15) is 36.7 Å². The molecule has 0 radical (unpaired) electrons. The Morgan fingerprint density at radius 3 is 2.58 bits per heavy atom. The van der Waals surface area contributed by atoms with Gasteiger partial charge in [-0.15, -0.1) is 13.2 Å². The standard InChI is InChI=1S/C23H24ClF4N3O5/c24-13-1-2-14(15(25)8-13)21(35)31-11-22(4-5-22)9-17(31)20(34)30-16(7-12-3-6-29-19(12)33)18(32)10-36-23(26,27)28/h1-2,8,12,16-17H,3-7,9-11H2,(H,29,33)(H,30,34)/t12-,16-,17-/m0/s1. The average Bonchev–Trinajstić information content (AvgIpc) is 3.25. The van der Waals surface area contributed by atoms with Gasteiger partial charge in [-0.1, -0.05) is 11.6 Å². The highest BCUT2D eigenvalue weighted by atomic mass is 35.5. The number of ketones is 1. The highest BCUT2D eigenvalue weighted by Crippen LogP contribution is 2.55. The van der Waals surface area contributed by atoms with Crippen LogP contribution in [0.25, 0.3) is 0 Å². The zero-order chi connectivity index (χ0) is 26.3. The van der Waals surface area contributed by atoms with Crippen molar-refractivity contribution in [2.75, 3.05) is 19.7 Å². The smallest absolute Gasteiger partial charge is 0.356 e. The topological polar surface area (TPSA) is 105 Å². The Hall–Kier alpha value is -2.73. The Morgan fingerprint density at radius 2 is 2.00 bits per heavy atom. The third kappa shape index (κ3) is 5.97. The van der Waals surface area contributed by atoms with Crippen molar-refractivity contribution in [3.8, 4) is 0 Å². The lowest BCUT2D eigenvalue weighted by Gasteiger charge is -2.27. The average molecular weight is 534 g/mol. The molecule has 1 spiro atoms. The van der Waals surface area contributed by atoms with Gasteiger partial charge in [-0.05, 0) is 55.7 Å². The van der Waals surface area contributed by atoms with E-state index in [4.69, 9.17) is 11.6 Å². The Kier molecular flexibility index (Phi) is 7.29. The number of nitrogens with one attached hydrogen (secondary N) is 2. The van der Waals surface area contributed by atoms with E-state index >= 15 is 0 Å². The lowest BCUT2D eigenvalue weighted by Crippen LogP contribution is -2.52. The van der Waals surface area contributed by atoms with Crippen molar-refractivity contribution in [1.29, 1.82) is 0 Å². The summed E-state index contributed by atoms with van der Waals surface area (Å²) in [6, 6.07) is 1.04. The first-order valence-electron chi connectivity index (χ1n) is 11.4. The molecule has 2 heterocycles. The summed E-state index contributed by atoms with van der Waals surface area (Å²) in [7, 11) is 0. The number of carbonyl (C=O) groups excluding carboxylic acids is 4. The van der Waals surface area contributed by atoms with Gasteiger partial charge in [0.1, 0.15) is 18.5 Å². The molecule has 196 valence electrons. The molecule has 3 atom stereocenters. The Bertz CT molecular complexity index is 1080. The number of nitrogens with zero attached hydrogens (tertiary/aromatic N) is 1. The fourth-order valence-corrected chi connectivity index (χ4v) is 4.97. The minimum Gasteiger partial charge on any atom is -0.356 e. The van der Waals surface area contributed by atoms with Gasteiger partial charge >= 0.3 is 6.36 Å². The Morgan fingerprint density at radius 1 is 1.28 bits per heavy atom. The molecule has 2 saturated heterocycles. The summed E-state index contributed by atoms with van der Waals surface area (Å²) in [5.74, 6) is -4.44. The second-order valence-corrected chi connectivity index (χ2v) is 9.99. The van der Waals surface area contributed by atoms with Crippen molar-refractivity contribution in [2.24, 2.45) is 11.3 Å². The lowest BCUT2D eigenvalue weighted by atomic mass is 9.95. The van der Waals surface area contributed by atoms with E-state index in [1.165, 1.54) is 17.0 Å². The predicted molar refractivity (Wildman–Crippen MR) is 117 cm³/mol. The van der Waals surface area contributed by atoms with Gasteiger partial charge in [0, 0.05) is 24.0 Å². The number of ether oxygens (including phenoxy) is 1. The quantitative estimate of drug-likeness (QED) is 0.500. The Balaban J connectivity index is 1.52.